The van der Waals surface area contributed by atoms with Gasteiger partial charge < -0.3 is 14.5 Å². The number of fused-ring (bicyclic) bond motifs is 2. The van der Waals surface area contributed by atoms with Gasteiger partial charge >= 0.3 is 0 Å². The molecule has 10 heteroatoms. The van der Waals surface area contributed by atoms with Crippen molar-refractivity contribution in [1.82, 2.24) is 19.4 Å². The monoisotopic (exact) mass is 530 g/mol. The molecule has 3 aromatic heterocycles. The van der Waals surface area contributed by atoms with Gasteiger partial charge in [-0.25, -0.2) is 14.4 Å². The van der Waals surface area contributed by atoms with Crippen molar-refractivity contribution in [1.29, 1.82) is 5.26 Å². The number of hydrogen-bond donors (Lipinski definition) is 1. The molecule has 0 amide bonds. The molecule has 0 spiro atoms. The van der Waals surface area contributed by atoms with Gasteiger partial charge in [-0.3, -0.25) is 9.38 Å². The number of aromatic nitrogens is 4. The average molecular weight is 531 g/mol. The van der Waals surface area contributed by atoms with Gasteiger partial charge in [-0.1, -0.05) is 26.8 Å². The van der Waals surface area contributed by atoms with Crippen molar-refractivity contribution < 1.29 is 13.6 Å². The van der Waals surface area contributed by atoms with Crippen LogP contribution in [-0.4, -0.2) is 34.3 Å². The van der Waals surface area contributed by atoms with Crippen LogP contribution in [0.2, 0.25) is 18.1 Å². The molecule has 0 saturated carbocycles. The van der Waals surface area contributed by atoms with Gasteiger partial charge in [0.2, 0.25) is 5.95 Å². The number of nitrogens with zero attached hydrogens (tertiary/aromatic N) is 5. The van der Waals surface area contributed by atoms with Crippen LogP contribution in [0.4, 0.5) is 10.3 Å². The minimum absolute atomic E-state index is 0.0688. The topological polar surface area (TPSA) is 97.4 Å². The molecule has 0 unspecified atom stereocenters. The van der Waals surface area contributed by atoms with Gasteiger partial charge in [0.1, 0.15) is 17.6 Å². The highest BCUT2D eigenvalue weighted by atomic mass is 28.4. The van der Waals surface area contributed by atoms with E-state index in [2.05, 4.69) is 60.2 Å². The van der Waals surface area contributed by atoms with Crippen molar-refractivity contribution in [2.24, 2.45) is 0 Å². The summed E-state index contributed by atoms with van der Waals surface area (Å²) >= 11 is 0. The molecule has 4 aromatic rings. The van der Waals surface area contributed by atoms with Crippen molar-refractivity contribution >= 4 is 19.9 Å². The number of imidazole rings is 1. The number of nitriles is 1. The second kappa shape index (κ2) is 9.81. The predicted octanol–water partition coefficient (Wildman–Crippen LogP) is 5.87. The highest BCUT2D eigenvalue weighted by Crippen LogP contribution is 2.38. The highest BCUT2D eigenvalue weighted by Gasteiger charge is 2.37. The Morgan fingerprint density at radius 1 is 1.21 bits per heavy atom. The van der Waals surface area contributed by atoms with Crippen molar-refractivity contribution in [3.63, 3.8) is 0 Å². The molecular weight excluding hydrogens is 499 g/mol. The third-order valence-electron chi connectivity index (χ3n) is 7.53. The van der Waals surface area contributed by atoms with Crippen LogP contribution >= 0.6 is 0 Å². The number of benzene rings is 1. The van der Waals surface area contributed by atoms with Crippen LogP contribution in [0, 0.1) is 17.1 Å². The van der Waals surface area contributed by atoms with Gasteiger partial charge in [-0.05, 0) is 36.3 Å². The third-order valence-corrected chi connectivity index (χ3v) is 12.0. The van der Waals surface area contributed by atoms with E-state index in [1.165, 1.54) is 6.07 Å². The molecular formula is C28H31FN6O2Si. The zero-order valence-corrected chi connectivity index (χ0v) is 23.3. The number of halogens is 1. The molecule has 8 nitrogen and oxygen atoms in total. The molecule has 0 saturated heterocycles. The fourth-order valence-corrected chi connectivity index (χ4v) is 5.22. The van der Waals surface area contributed by atoms with Crippen LogP contribution in [0.15, 0.2) is 42.9 Å². The Labute approximate surface area is 222 Å². The molecule has 0 radical (unpaired) electrons. The Morgan fingerprint density at radius 2 is 2.03 bits per heavy atom. The Morgan fingerprint density at radius 3 is 2.79 bits per heavy atom. The Hall–Kier alpha value is -3.81. The summed E-state index contributed by atoms with van der Waals surface area (Å²) in [6.45, 7) is 12.2. The predicted molar refractivity (Wildman–Crippen MR) is 146 cm³/mol. The van der Waals surface area contributed by atoms with Crippen LogP contribution in [0.25, 0.3) is 16.8 Å². The molecule has 196 valence electrons. The summed E-state index contributed by atoms with van der Waals surface area (Å²) in [5.41, 5.74) is 4.60. The number of pyridine rings is 1. The Kier molecular flexibility index (Phi) is 6.67. The average Bonchev–Trinajstić information content (AvgIpc) is 3.54. The Bertz CT molecular complexity index is 1550. The van der Waals surface area contributed by atoms with E-state index >= 15 is 0 Å². The van der Waals surface area contributed by atoms with E-state index in [1.807, 2.05) is 12.1 Å². The quantitative estimate of drug-likeness (QED) is 0.298. The normalized spacial score (nSPS) is 13.3. The fraction of sp³-hybridized carbons (Fsp3) is 0.357. The molecule has 0 atom stereocenters. The number of anilines is 1. The van der Waals surface area contributed by atoms with Crippen molar-refractivity contribution in [2.45, 2.75) is 58.5 Å². The lowest BCUT2D eigenvalue weighted by Gasteiger charge is -2.36. The van der Waals surface area contributed by atoms with E-state index in [-0.39, 0.29) is 23.1 Å². The lowest BCUT2D eigenvalue weighted by atomic mass is 10.0. The summed E-state index contributed by atoms with van der Waals surface area (Å²) in [6.07, 6.45) is 5.76. The third kappa shape index (κ3) is 4.75. The minimum atomic E-state index is -2.00. The highest BCUT2D eigenvalue weighted by molar-refractivity contribution is 6.74. The molecule has 1 N–H and O–H groups in total. The van der Waals surface area contributed by atoms with Crippen LogP contribution in [0.3, 0.4) is 0 Å². The van der Waals surface area contributed by atoms with Crippen molar-refractivity contribution in [2.75, 3.05) is 11.9 Å². The molecule has 1 aliphatic rings. The van der Waals surface area contributed by atoms with Gasteiger partial charge in [0.25, 0.3) is 0 Å². The maximum absolute atomic E-state index is 14.7. The summed E-state index contributed by atoms with van der Waals surface area (Å²) in [6, 6.07) is 9.04. The van der Waals surface area contributed by atoms with Gasteiger partial charge in [-0.2, -0.15) is 5.26 Å². The number of ether oxygens (including phenoxy) is 1. The number of nitrogens with one attached hydrogen (secondary N) is 1. The molecule has 38 heavy (non-hydrogen) atoms. The zero-order valence-electron chi connectivity index (χ0n) is 22.3. The van der Waals surface area contributed by atoms with E-state index in [0.29, 0.717) is 36.8 Å². The molecule has 0 aliphatic carbocycles. The maximum Gasteiger partial charge on any atom is 0.208 e. The van der Waals surface area contributed by atoms with Crippen molar-refractivity contribution in [3.05, 3.63) is 71.2 Å². The van der Waals surface area contributed by atoms with E-state index in [4.69, 9.17) is 9.16 Å². The van der Waals surface area contributed by atoms with Crippen LogP contribution in [-0.2, 0) is 24.0 Å². The fourth-order valence-electron chi connectivity index (χ4n) is 4.29. The minimum Gasteiger partial charge on any atom is -0.493 e. The lowest BCUT2D eigenvalue weighted by molar-refractivity contribution is 0.272. The molecule has 0 fully saturated rings. The molecule has 1 aromatic carbocycles. The summed E-state index contributed by atoms with van der Waals surface area (Å²) in [7, 11) is -2.00. The first kappa shape index (κ1) is 25.8. The summed E-state index contributed by atoms with van der Waals surface area (Å²) in [5.74, 6) is 0.881. The standard InChI is InChI=1S/C28H31FN6O2Si/c1-28(2,3)38(4,5)37-17-24-19(7-6-11-31-24)22-15-33-27(35-16-18(13-30)34-26(22)35)32-14-21-20-10-12-36-25(20)9-8-23(21)29/h6-9,11,15-16H,10,12,14,17H2,1-5H3,(H,32,33). The Balaban J connectivity index is 1.50. The number of hydrogen-bond acceptors (Lipinski definition) is 7. The first-order valence-electron chi connectivity index (χ1n) is 12.6. The largest absolute Gasteiger partial charge is 0.493 e. The second-order valence-corrected chi connectivity index (χ2v) is 15.7. The van der Waals surface area contributed by atoms with E-state index in [1.54, 1.807) is 29.1 Å². The van der Waals surface area contributed by atoms with E-state index < -0.39 is 8.32 Å². The van der Waals surface area contributed by atoms with Gasteiger partial charge in [-0.15, -0.1) is 0 Å². The smallest absolute Gasteiger partial charge is 0.208 e. The molecule has 1 aliphatic heterocycles. The van der Waals surface area contributed by atoms with Gasteiger partial charge in [0, 0.05) is 47.6 Å². The van der Waals surface area contributed by atoms with Crippen LogP contribution in [0.5, 0.6) is 5.75 Å². The summed E-state index contributed by atoms with van der Waals surface area (Å²) < 4.78 is 28.5. The van der Waals surface area contributed by atoms with Crippen LogP contribution < -0.4 is 10.1 Å². The molecule has 4 heterocycles. The van der Waals surface area contributed by atoms with E-state index in [9.17, 15) is 9.65 Å². The van der Waals surface area contributed by atoms with Gasteiger partial charge in [0.05, 0.1) is 25.1 Å². The first-order valence-corrected chi connectivity index (χ1v) is 15.5. The number of rotatable bonds is 7. The van der Waals surface area contributed by atoms with Crippen LogP contribution in [0.1, 0.15) is 43.3 Å². The summed E-state index contributed by atoms with van der Waals surface area (Å²) in [5, 5.41) is 12.9. The SMILES string of the molecule is CC(C)(C)[Si](C)(C)OCc1ncccc1-c1cnc(NCc2c(F)ccc3c2CCO3)n2cc(C#N)nc12. The second-order valence-electron chi connectivity index (χ2n) is 10.9. The molecule has 5 rings (SSSR count). The van der Waals surface area contributed by atoms with E-state index in [0.717, 1.165) is 28.1 Å². The maximum atomic E-state index is 14.7. The zero-order chi connectivity index (χ0) is 27.1. The lowest BCUT2D eigenvalue weighted by Crippen LogP contribution is -2.40. The summed E-state index contributed by atoms with van der Waals surface area (Å²) in [4.78, 5) is 13.8. The van der Waals surface area contributed by atoms with Gasteiger partial charge in [0.15, 0.2) is 19.7 Å². The van der Waals surface area contributed by atoms with Crippen molar-refractivity contribution in [3.8, 4) is 22.9 Å². The molecule has 0 bridgehead atoms. The first-order chi connectivity index (χ1) is 18.1.